The second-order valence-corrected chi connectivity index (χ2v) is 5.91. The fourth-order valence-corrected chi connectivity index (χ4v) is 3.04. The molecule has 3 nitrogen and oxygen atoms in total. The maximum atomic E-state index is 6.13. The Labute approximate surface area is 118 Å². The summed E-state index contributed by atoms with van der Waals surface area (Å²) in [5.41, 5.74) is 3.83. The van der Waals surface area contributed by atoms with Crippen LogP contribution in [0, 0.1) is 6.92 Å². The summed E-state index contributed by atoms with van der Waals surface area (Å²) >= 11 is 6.13. The molecule has 2 heterocycles. The molecule has 0 amide bonds. The molecule has 0 radical (unpaired) electrons. The lowest BCUT2D eigenvalue weighted by molar-refractivity contribution is 0.270. The standard InChI is InChI=1S/C15H18ClN3/c1-11-6-14(19(2)18-11)8-15(9-17-10-15)12-4-3-5-13(16)7-12/h3-7,17H,8-10H2,1-2H3. The van der Waals surface area contributed by atoms with E-state index in [1.807, 2.05) is 30.8 Å². The van der Waals surface area contributed by atoms with E-state index < -0.39 is 0 Å². The Morgan fingerprint density at radius 2 is 2.16 bits per heavy atom. The summed E-state index contributed by atoms with van der Waals surface area (Å²) in [4.78, 5) is 0. The molecule has 1 aliphatic heterocycles. The van der Waals surface area contributed by atoms with Crippen LogP contribution in [-0.4, -0.2) is 22.9 Å². The summed E-state index contributed by atoms with van der Waals surface area (Å²) in [7, 11) is 2.01. The molecule has 1 saturated heterocycles. The van der Waals surface area contributed by atoms with Gasteiger partial charge in [-0.15, -0.1) is 0 Å². The number of halogens is 1. The van der Waals surface area contributed by atoms with E-state index in [9.17, 15) is 0 Å². The molecule has 0 saturated carbocycles. The number of benzene rings is 1. The molecule has 1 aromatic heterocycles. The van der Waals surface area contributed by atoms with E-state index in [4.69, 9.17) is 11.6 Å². The van der Waals surface area contributed by atoms with Gasteiger partial charge < -0.3 is 5.32 Å². The zero-order chi connectivity index (χ0) is 13.5. The van der Waals surface area contributed by atoms with Crippen molar-refractivity contribution in [2.24, 2.45) is 7.05 Å². The SMILES string of the molecule is Cc1cc(CC2(c3cccc(Cl)c3)CNC2)n(C)n1. The van der Waals surface area contributed by atoms with Crippen LogP contribution in [0.4, 0.5) is 0 Å². The summed E-state index contributed by atoms with van der Waals surface area (Å²) < 4.78 is 1.99. The van der Waals surface area contributed by atoms with Gasteiger partial charge in [0, 0.05) is 42.7 Å². The number of hydrogen-bond donors (Lipinski definition) is 1. The number of aromatic nitrogens is 2. The first-order valence-electron chi connectivity index (χ1n) is 6.55. The number of nitrogens with one attached hydrogen (secondary N) is 1. The smallest absolute Gasteiger partial charge is 0.0596 e. The van der Waals surface area contributed by atoms with Gasteiger partial charge in [-0.3, -0.25) is 4.68 Å². The van der Waals surface area contributed by atoms with Gasteiger partial charge in [0.25, 0.3) is 0 Å². The fourth-order valence-electron chi connectivity index (χ4n) is 2.85. The van der Waals surface area contributed by atoms with Crippen molar-refractivity contribution in [3.05, 3.63) is 52.3 Å². The van der Waals surface area contributed by atoms with Crippen molar-refractivity contribution in [2.45, 2.75) is 18.8 Å². The van der Waals surface area contributed by atoms with Gasteiger partial charge in [-0.2, -0.15) is 5.10 Å². The van der Waals surface area contributed by atoms with Gasteiger partial charge in [0.2, 0.25) is 0 Å². The fraction of sp³-hybridized carbons (Fsp3) is 0.400. The van der Waals surface area contributed by atoms with E-state index in [0.717, 1.165) is 30.2 Å². The molecule has 0 unspecified atom stereocenters. The van der Waals surface area contributed by atoms with Crippen LogP contribution in [0.3, 0.4) is 0 Å². The Kier molecular flexibility index (Phi) is 3.11. The Hall–Kier alpha value is -1.32. The molecule has 2 aromatic rings. The molecule has 0 aliphatic carbocycles. The molecule has 1 aromatic carbocycles. The Balaban J connectivity index is 1.94. The zero-order valence-corrected chi connectivity index (χ0v) is 12.0. The Morgan fingerprint density at radius 1 is 1.37 bits per heavy atom. The largest absolute Gasteiger partial charge is 0.315 e. The van der Waals surface area contributed by atoms with Crippen LogP contribution in [0.15, 0.2) is 30.3 Å². The highest BCUT2D eigenvalue weighted by atomic mass is 35.5. The third-order valence-corrected chi connectivity index (χ3v) is 4.22. The Bertz CT molecular complexity index is 599. The van der Waals surface area contributed by atoms with Crippen molar-refractivity contribution < 1.29 is 0 Å². The van der Waals surface area contributed by atoms with Crippen molar-refractivity contribution in [1.82, 2.24) is 15.1 Å². The highest BCUT2D eigenvalue weighted by molar-refractivity contribution is 6.30. The van der Waals surface area contributed by atoms with Gasteiger partial charge in [0.05, 0.1) is 5.69 Å². The van der Waals surface area contributed by atoms with E-state index in [0.29, 0.717) is 0 Å². The highest BCUT2D eigenvalue weighted by Gasteiger charge is 2.39. The van der Waals surface area contributed by atoms with Gasteiger partial charge in [0.15, 0.2) is 0 Å². The minimum atomic E-state index is 0.158. The molecule has 19 heavy (non-hydrogen) atoms. The van der Waals surface area contributed by atoms with Gasteiger partial charge in [-0.1, -0.05) is 23.7 Å². The highest BCUT2D eigenvalue weighted by Crippen LogP contribution is 2.33. The van der Waals surface area contributed by atoms with Crippen molar-refractivity contribution in [1.29, 1.82) is 0 Å². The molecule has 3 rings (SSSR count). The predicted molar refractivity (Wildman–Crippen MR) is 77.6 cm³/mol. The second kappa shape index (κ2) is 4.66. The van der Waals surface area contributed by atoms with Crippen molar-refractivity contribution in [3.8, 4) is 0 Å². The third-order valence-electron chi connectivity index (χ3n) is 3.98. The summed E-state index contributed by atoms with van der Waals surface area (Å²) in [6.07, 6.45) is 0.998. The summed E-state index contributed by atoms with van der Waals surface area (Å²) in [5, 5.41) is 8.64. The Morgan fingerprint density at radius 3 is 2.68 bits per heavy atom. The predicted octanol–water partition coefficient (Wildman–Crippen LogP) is 2.47. The molecule has 1 aliphatic rings. The minimum absolute atomic E-state index is 0.158. The number of hydrogen-bond acceptors (Lipinski definition) is 2. The quantitative estimate of drug-likeness (QED) is 0.933. The van der Waals surface area contributed by atoms with Gasteiger partial charge in [0.1, 0.15) is 0 Å². The van der Waals surface area contributed by atoms with E-state index in [1.54, 1.807) is 0 Å². The van der Waals surface area contributed by atoms with Gasteiger partial charge >= 0.3 is 0 Å². The number of nitrogens with zero attached hydrogens (tertiary/aromatic N) is 2. The van der Waals surface area contributed by atoms with E-state index in [1.165, 1.54) is 11.3 Å². The molecule has 0 atom stereocenters. The average Bonchev–Trinajstić information content (AvgIpc) is 2.62. The molecule has 1 fully saturated rings. The topological polar surface area (TPSA) is 29.9 Å². The monoisotopic (exact) mass is 275 g/mol. The number of aryl methyl sites for hydroxylation is 2. The van der Waals surface area contributed by atoms with Crippen LogP contribution < -0.4 is 5.32 Å². The van der Waals surface area contributed by atoms with Crippen LogP contribution in [0.1, 0.15) is 17.0 Å². The van der Waals surface area contributed by atoms with Crippen molar-refractivity contribution in [3.63, 3.8) is 0 Å². The van der Waals surface area contributed by atoms with E-state index in [2.05, 4.69) is 28.6 Å². The van der Waals surface area contributed by atoms with Gasteiger partial charge in [-0.05, 0) is 30.7 Å². The molecule has 0 bridgehead atoms. The lowest BCUT2D eigenvalue weighted by atomic mass is 9.72. The maximum Gasteiger partial charge on any atom is 0.0596 e. The van der Waals surface area contributed by atoms with Crippen LogP contribution in [0.2, 0.25) is 5.02 Å². The molecule has 100 valence electrons. The first-order valence-corrected chi connectivity index (χ1v) is 6.93. The van der Waals surface area contributed by atoms with Crippen LogP contribution in [0.5, 0.6) is 0 Å². The van der Waals surface area contributed by atoms with Crippen LogP contribution >= 0.6 is 11.6 Å². The third kappa shape index (κ3) is 2.28. The van der Waals surface area contributed by atoms with Crippen molar-refractivity contribution >= 4 is 11.6 Å². The maximum absolute atomic E-state index is 6.13. The van der Waals surface area contributed by atoms with E-state index >= 15 is 0 Å². The molecular weight excluding hydrogens is 258 g/mol. The first-order chi connectivity index (χ1) is 9.09. The normalized spacial score (nSPS) is 17.2. The minimum Gasteiger partial charge on any atom is -0.315 e. The average molecular weight is 276 g/mol. The summed E-state index contributed by atoms with van der Waals surface area (Å²) in [6.45, 7) is 4.03. The van der Waals surface area contributed by atoms with Crippen molar-refractivity contribution in [2.75, 3.05) is 13.1 Å². The van der Waals surface area contributed by atoms with E-state index in [-0.39, 0.29) is 5.41 Å². The molecular formula is C15H18ClN3. The van der Waals surface area contributed by atoms with Crippen LogP contribution in [-0.2, 0) is 18.9 Å². The molecule has 4 heteroatoms. The molecule has 0 spiro atoms. The van der Waals surface area contributed by atoms with Gasteiger partial charge in [-0.25, -0.2) is 0 Å². The lowest BCUT2D eigenvalue weighted by Crippen LogP contribution is -2.58. The summed E-state index contributed by atoms with van der Waals surface area (Å²) in [6, 6.07) is 10.4. The zero-order valence-electron chi connectivity index (χ0n) is 11.3. The summed E-state index contributed by atoms with van der Waals surface area (Å²) in [5.74, 6) is 0. The van der Waals surface area contributed by atoms with Crippen LogP contribution in [0.25, 0.3) is 0 Å². The second-order valence-electron chi connectivity index (χ2n) is 5.47. The lowest BCUT2D eigenvalue weighted by Gasteiger charge is -2.43. The number of rotatable bonds is 3. The first kappa shape index (κ1) is 12.7. The molecule has 1 N–H and O–H groups in total.